The summed E-state index contributed by atoms with van der Waals surface area (Å²) in [6.07, 6.45) is 87.3. The molecule has 0 spiro atoms. The summed E-state index contributed by atoms with van der Waals surface area (Å²) in [5.74, 6) is -0.894. The lowest BCUT2D eigenvalue weighted by molar-refractivity contribution is -0.167. The maximum absolute atomic E-state index is 12.9. The van der Waals surface area contributed by atoms with Crippen LogP contribution in [0.4, 0.5) is 0 Å². The van der Waals surface area contributed by atoms with Crippen LogP contribution in [0.25, 0.3) is 0 Å². The third kappa shape index (κ3) is 63.4. The van der Waals surface area contributed by atoms with E-state index in [1.54, 1.807) is 0 Å². The molecule has 0 amide bonds. The Hall–Kier alpha value is -3.41. The molecular formula is C72H126O6. The minimum Gasteiger partial charge on any atom is -0.462 e. The highest BCUT2D eigenvalue weighted by Gasteiger charge is 2.19. The third-order valence-electron chi connectivity index (χ3n) is 14.6. The highest BCUT2D eigenvalue weighted by Crippen LogP contribution is 2.16. The van der Waals surface area contributed by atoms with Crippen molar-refractivity contribution in [1.82, 2.24) is 0 Å². The van der Waals surface area contributed by atoms with Crippen LogP contribution < -0.4 is 0 Å². The highest BCUT2D eigenvalue weighted by atomic mass is 16.6. The number of unbranched alkanes of at least 4 members (excludes halogenated alkanes) is 36. The van der Waals surface area contributed by atoms with Gasteiger partial charge in [-0.15, -0.1) is 0 Å². The first-order valence-electron chi connectivity index (χ1n) is 33.6. The summed E-state index contributed by atoms with van der Waals surface area (Å²) >= 11 is 0. The standard InChI is InChI=1S/C72H126O6/c1-4-7-10-13-16-19-22-25-28-31-32-33-34-35-36-37-38-39-40-42-44-47-50-53-56-59-62-65-71(74)77-68-69(67-76-70(73)64-61-58-55-52-49-46-43-30-27-24-21-18-15-12-9-6-3)78-72(75)66-63-60-57-54-51-48-45-41-29-26-23-20-17-14-11-8-5-2/h17,20-22,24-26,29-32,34-35,43,69H,4-16,18-19,23,27-28,33,36-42,44-68H2,1-3H3/b20-17-,24-21-,25-22-,29-26-,32-31-,35-34-,43-30-. The Bertz CT molecular complexity index is 1480. The molecule has 0 aromatic carbocycles. The summed E-state index contributed by atoms with van der Waals surface area (Å²) in [5, 5.41) is 0. The summed E-state index contributed by atoms with van der Waals surface area (Å²) in [6.45, 7) is 6.60. The number of ether oxygens (including phenoxy) is 3. The van der Waals surface area contributed by atoms with Gasteiger partial charge in [0.2, 0.25) is 0 Å². The van der Waals surface area contributed by atoms with Crippen LogP contribution in [0.2, 0.25) is 0 Å². The molecule has 1 unspecified atom stereocenters. The van der Waals surface area contributed by atoms with Crippen molar-refractivity contribution in [1.29, 1.82) is 0 Å². The quantitative estimate of drug-likeness (QED) is 0.0261. The number of carbonyl (C=O) groups excluding carboxylic acids is 3. The number of allylic oxidation sites excluding steroid dienone is 14. The van der Waals surface area contributed by atoms with Gasteiger partial charge < -0.3 is 14.2 Å². The van der Waals surface area contributed by atoms with Gasteiger partial charge in [0, 0.05) is 19.3 Å². The average molecular weight is 1090 g/mol. The normalized spacial score (nSPS) is 12.6. The average Bonchev–Trinajstić information content (AvgIpc) is 3.44. The molecule has 450 valence electrons. The number of esters is 3. The zero-order chi connectivity index (χ0) is 56.4. The molecule has 6 nitrogen and oxygen atoms in total. The maximum Gasteiger partial charge on any atom is 0.306 e. The Balaban J connectivity index is 4.33. The Morgan fingerprint density at radius 2 is 0.462 bits per heavy atom. The summed E-state index contributed by atoms with van der Waals surface area (Å²) in [7, 11) is 0. The van der Waals surface area contributed by atoms with E-state index in [4.69, 9.17) is 14.2 Å². The summed E-state index contributed by atoms with van der Waals surface area (Å²) in [5.41, 5.74) is 0. The Labute approximate surface area is 484 Å². The fraction of sp³-hybridized carbons (Fsp3) is 0.764. The van der Waals surface area contributed by atoms with E-state index in [-0.39, 0.29) is 31.1 Å². The van der Waals surface area contributed by atoms with Crippen LogP contribution in [0.1, 0.15) is 335 Å². The smallest absolute Gasteiger partial charge is 0.306 e. The van der Waals surface area contributed by atoms with Gasteiger partial charge in [0.1, 0.15) is 13.2 Å². The lowest BCUT2D eigenvalue weighted by atomic mass is 10.0. The zero-order valence-electron chi connectivity index (χ0n) is 51.7. The molecular weight excluding hydrogens is 961 g/mol. The molecule has 0 rings (SSSR count). The second-order valence-corrected chi connectivity index (χ2v) is 22.4. The van der Waals surface area contributed by atoms with E-state index < -0.39 is 6.10 Å². The molecule has 1 atom stereocenters. The number of carbonyl (C=O) groups is 3. The molecule has 0 aromatic heterocycles. The van der Waals surface area contributed by atoms with Gasteiger partial charge in [-0.3, -0.25) is 14.4 Å². The SMILES string of the molecule is CCCCC/C=C\C/C=C\CCCCCCCCCC(=O)OC(COC(=O)CCCCCCC/C=C\C/C=C\CCCCCC)COC(=O)CCCCCCCCCCCCCC/C=C\C/C=C\C/C=C\CCCCCCC. The zero-order valence-corrected chi connectivity index (χ0v) is 51.7. The summed E-state index contributed by atoms with van der Waals surface area (Å²) in [6, 6.07) is 0. The van der Waals surface area contributed by atoms with Crippen molar-refractivity contribution in [2.45, 2.75) is 341 Å². The van der Waals surface area contributed by atoms with Crippen molar-refractivity contribution in [3.05, 3.63) is 85.1 Å². The van der Waals surface area contributed by atoms with Gasteiger partial charge in [0.25, 0.3) is 0 Å². The fourth-order valence-corrected chi connectivity index (χ4v) is 9.51. The second-order valence-electron chi connectivity index (χ2n) is 22.4. The molecule has 0 N–H and O–H groups in total. The van der Waals surface area contributed by atoms with E-state index in [0.29, 0.717) is 19.3 Å². The first kappa shape index (κ1) is 74.6. The van der Waals surface area contributed by atoms with Crippen molar-refractivity contribution >= 4 is 17.9 Å². The van der Waals surface area contributed by atoms with Crippen LogP contribution in [0.3, 0.4) is 0 Å². The molecule has 0 aliphatic heterocycles. The van der Waals surface area contributed by atoms with Crippen LogP contribution in [-0.2, 0) is 28.6 Å². The largest absolute Gasteiger partial charge is 0.462 e. The van der Waals surface area contributed by atoms with E-state index in [1.807, 2.05) is 0 Å². The molecule has 0 aliphatic carbocycles. The molecule has 0 heterocycles. The topological polar surface area (TPSA) is 78.9 Å². The van der Waals surface area contributed by atoms with Gasteiger partial charge in [0.15, 0.2) is 6.10 Å². The van der Waals surface area contributed by atoms with Gasteiger partial charge in [0.05, 0.1) is 0 Å². The Morgan fingerprint density at radius 3 is 0.756 bits per heavy atom. The number of rotatable bonds is 61. The molecule has 0 aromatic rings. The van der Waals surface area contributed by atoms with Crippen LogP contribution in [-0.4, -0.2) is 37.2 Å². The highest BCUT2D eigenvalue weighted by molar-refractivity contribution is 5.71. The lowest BCUT2D eigenvalue weighted by Crippen LogP contribution is -2.30. The van der Waals surface area contributed by atoms with Crippen molar-refractivity contribution in [3.8, 4) is 0 Å². The first-order valence-corrected chi connectivity index (χ1v) is 33.6. The van der Waals surface area contributed by atoms with E-state index in [2.05, 4.69) is 106 Å². The molecule has 0 radical (unpaired) electrons. The van der Waals surface area contributed by atoms with Crippen LogP contribution >= 0.6 is 0 Å². The monoisotopic (exact) mass is 1090 g/mol. The van der Waals surface area contributed by atoms with Gasteiger partial charge >= 0.3 is 17.9 Å². The lowest BCUT2D eigenvalue weighted by Gasteiger charge is -2.18. The minimum absolute atomic E-state index is 0.0841. The van der Waals surface area contributed by atoms with Crippen LogP contribution in [0, 0.1) is 0 Å². The van der Waals surface area contributed by atoms with E-state index >= 15 is 0 Å². The molecule has 0 saturated heterocycles. The van der Waals surface area contributed by atoms with Gasteiger partial charge in [-0.1, -0.05) is 279 Å². The predicted molar refractivity (Wildman–Crippen MR) is 339 cm³/mol. The van der Waals surface area contributed by atoms with Crippen LogP contribution in [0.15, 0.2) is 85.1 Å². The van der Waals surface area contributed by atoms with E-state index in [9.17, 15) is 14.4 Å². The van der Waals surface area contributed by atoms with Crippen molar-refractivity contribution < 1.29 is 28.6 Å². The van der Waals surface area contributed by atoms with Gasteiger partial charge in [-0.2, -0.15) is 0 Å². The van der Waals surface area contributed by atoms with E-state index in [0.717, 1.165) is 103 Å². The summed E-state index contributed by atoms with van der Waals surface area (Å²) < 4.78 is 16.9. The molecule has 0 fully saturated rings. The molecule has 78 heavy (non-hydrogen) atoms. The maximum atomic E-state index is 12.9. The van der Waals surface area contributed by atoms with Crippen molar-refractivity contribution in [2.75, 3.05) is 13.2 Å². The molecule has 6 heteroatoms. The van der Waals surface area contributed by atoms with Crippen molar-refractivity contribution in [3.63, 3.8) is 0 Å². The van der Waals surface area contributed by atoms with E-state index in [1.165, 1.54) is 193 Å². The Kier molecular flexibility index (Phi) is 63.2. The second kappa shape index (κ2) is 66.1. The Morgan fingerprint density at radius 1 is 0.256 bits per heavy atom. The molecule has 0 saturated carbocycles. The molecule has 0 aliphatic rings. The first-order chi connectivity index (χ1) is 38.5. The fourth-order valence-electron chi connectivity index (χ4n) is 9.51. The number of hydrogen-bond donors (Lipinski definition) is 0. The predicted octanol–water partition coefficient (Wildman–Crippen LogP) is 23.1. The van der Waals surface area contributed by atoms with Crippen LogP contribution in [0.5, 0.6) is 0 Å². The van der Waals surface area contributed by atoms with Gasteiger partial charge in [-0.05, 0) is 122 Å². The van der Waals surface area contributed by atoms with Gasteiger partial charge in [-0.25, -0.2) is 0 Å². The third-order valence-corrected chi connectivity index (χ3v) is 14.6. The molecule has 0 bridgehead atoms. The summed E-state index contributed by atoms with van der Waals surface area (Å²) in [4.78, 5) is 38.4. The number of hydrogen-bond acceptors (Lipinski definition) is 6. The minimum atomic E-state index is -0.789. The van der Waals surface area contributed by atoms with Crippen molar-refractivity contribution in [2.24, 2.45) is 0 Å².